The highest BCUT2D eigenvalue weighted by Crippen LogP contribution is 1.93. The van der Waals surface area contributed by atoms with E-state index < -0.39 is 0 Å². The molecule has 0 spiro atoms. The molecule has 0 unspecified atom stereocenters. The molecule has 4 N–H and O–H groups in total. The Morgan fingerprint density at radius 2 is 2.00 bits per heavy atom. The van der Waals surface area contributed by atoms with Crippen LogP contribution in [0.1, 0.15) is 26.2 Å². The number of guanidine groups is 1. The minimum absolute atomic E-state index is 0. The average Bonchev–Trinajstić information content (AvgIpc) is 1.87. The summed E-state index contributed by atoms with van der Waals surface area (Å²) in [4.78, 5) is 4.74. The van der Waals surface area contributed by atoms with Crippen molar-refractivity contribution in [3.8, 4) is 0 Å². The van der Waals surface area contributed by atoms with Crippen molar-refractivity contribution in [3.05, 3.63) is 0 Å². The monoisotopic (exact) mass is 181 g/mol. The quantitative estimate of drug-likeness (QED) is 0.285. The molecule has 0 saturated heterocycles. The number of nitrogens with zero attached hydrogens (tertiary/aromatic N) is 1. The van der Waals surface area contributed by atoms with E-state index in [2.05, 4.69) is 12.1 Å². The van der Waals surface area contributed by atoms with Crippen molar-refractivity contribution in [2.24, 2.45) is 16.6 Å². The van der Waals surface area contributed by atoms with Crippen LogP contribution >= 0.6 is 12.4 Å². The summed E-state index contributed by atoms with van der Waals surface area (Å²) in [6, 6.07) is 0. The molecule has 11 heavy (non-hydrogen) atoms. The van der Waals surface area contributed by atoms with Gasteiger partial charge in [0.05, 0.1) is 0 Å². The van der Waals surface area contributed by atoms with Crippen LogP contribution in [-0.4, -0.2) is 12.6 Å². The molecule has 0 heterocycles. The highest BCUT2D eigenvalue weighted by atomic mass is 35.5. The van der Waals surface area contributed by atoms with Crippen LogP contribution in [0.5, 0.6) is 0 Å². The maximum atomic E-state index is 5.01. The van der Waals surface area contributed by atoms with Crippen molar-refractivity contribution < 1.29 is 4.84 Å². The first-order valence-corrected chi connectivity index (χ1v) is 3.48. The number of halogens is 1. The molecule has 0 bridgehead atoms. The van der Waals surface area contributed by atoms with Gasteiger partial charge in [-0.1, -0.05) is 19.8 Å². The lowest BCUT2D eigenvalue weighted by molar-refractivity contribution is 0.139. The van der Waals surface area contributed by atoms with E-state index >= 15 is 0 Å². The number of nitrogens with two attached hydrogens (primary N) is 2. The van der Waals surface area contributed by atoms with E-state index in [1.807, 2.05) is 0 Å². The van der Waals surface area contributed by atoms with Crippen LogP contribution in [0.25, 0.3) is 0 Å². The van der Waals surface area contributed by atoms with E-state index in [1.54, 1.807) is 0 Å². The van der Waals surface area contributed by atoms with Gasteiger partial charge in [0.15, 0.2) is 0 Å². The largest absolute Gasteiger partial charge is 0.393 e. The van der Waals surface area contributed by atoms with Crippen molar-refractivity contribution >= 4 is 18.4 Å². The lowest BCUT2D eigenvalue weighted by atomic mass is 10.3. The number of unbranched alkanes of at least 4 members (excludes halogenated alkanes) is 2. The van der Waals surface area contributed by atoms with E-state index in [0.29, 0.717) is 6.61 Å². The Morgan fingerprint density at radius 3 is 2.45 bits per heavy atom. The average molecular weight is 182 g/mol. The summed E-state index contributed by atoms with van der Waals surface area (Å²) >= 11 is 0. The summed E-state index contributed by atoms with van der Waals surface area (Å²) in [5, 5.41) is 3.37. The number of oxime groups is 1. The third-order valence-electron chi connectivity index (χ3n) is 1.01. The molecular formula is C6H16ClN3O. The Kier molecular flexibility index (Phi) is 11.1. The number of hydrogen-bond acceptors (Lipinski definition) is 2. The fourth-order valence-electron chi connectivity index (χ4n) is 0.537. The highest BCUT2D eigenvalue weighted by molar-refractivity contribution is 5.85. The minimum Gasteiger partial charge on any atom is -0.393 e. The first kappa shape index (κ1) is 13.0. The van der Waals surface area contributed by atoms with Crippen LogP contribution in [0, 0.1) is 0 Å². The second-order valence-electron chi connectivity index (χ2n) is 2.06. The zero-order chi connectivity index (χ0) is 7.82. The lowest BCUT2D eigenvalue weighted by Crippen LogP contribution is -2.22. The first-order valence-electron chi connectivity index (χ1n) is 3.48. The third kappa shape index (κ3) is 12.5. The van der Waals surface area contributed by atoms with Crippen LogP contribution in [0.4, 0.5) is 0 Å². The molecule has 0 rings (SSSR count). The first-order chi connectivity index (χ1) is 4.77. The second kappa shape index (κ2) is 9.36. The van der Waals surface area contributed by atoms with Gasteiger partial charge >= 0.3 is 0 Å². The standard InChI is InChI=1S/C6H15N3O.ClH/c1-2-3-4-5-10-9-6(7)8;/h2-5H2,1H3,(H4,7,8,9);1H. The van der Waals surface area contributed by atoms with Gasteiger partial charge in [-0.2, -0.15) is 0 Å². The molecule has 0 aliphatic carbocycles. The van der Waals surface area contributed by atoms with Gasteiger partial charge in [0.25, 0.3) is 0 Å². The summed E-state index contributed by atoms with van der Waals surface area (Å²) in [5.41, 5.74) is 10.0. The van der Waals surface area contributed by atoms with Crippen LogP contribution in [0.15, 0.2) is 5.16 Å². The van der Waals surface area contributed by atoms with E-state index in [1.165, 1.54) is 6.42 Å². The molecule has 4 nitrogen and oxygen atoms in total. The molecule has 0 fully saturated rings. The summed E-state index contributed by atoms with van der Waals surface area (Å²) in [6.07, 6.45) is 3.33. The third-order valence-corrected chi connectivity index (χ3v) is 1.01. The van der Waals surface area contributed by atoms with Crippen molar-refractivity contribution in [2.75, 3.05) is 6.61 Å². The lowest BCUT2D eigenvalue weighted by Gasteiger charge is -1.96. The summed E-state index contributed by atoms with van der Waals surface area (Å²) in [6.45, 7) is 2.73. The van der Waals surface area contributed by atoms with Gasteiger partial charge in [-0.15, -0.1) is 12.4 Å². The Hall–Kier alpha value is -0.640. The molecule has 0 amide bonds. The zero-order valence-electron chi connectivity index (χ0n) is 6.75. The Bertz CT molecular complexity index is 104. The Morgan fingerprint density at radius 1 is 1.36 bits per heavy atom. The highest BCUT2D eigenvalue weighted by Gasteiger charge is 1.85. The number of rotatable bonds is 5. The molecule has 68 valence electrons. The van der Waals surface area contributed by atoms with Gasteiger partial charge in [-0.05, 0) is 11.6 Å². The van der Waals surface area contributed by atoms with Crippen molar-refractivity contribution in [2.45, 2.75) is 26.2 Å². The van der Waals surface area contributed by atoms with E-state index in [0.717, 1.165) is 12.8 Å². The van der Waals surface area contributed by atoms with Crippen molar-refractivity contribution in [3.63, 3.8) is 0 Å². The van der Waals surface area contributed by atoms with Gasteiger partial charge < -0.3 is 16.3 Å². The molecule has 5 heteroatoms. The Balaban J connectivity index is 0. The normalized spacial score (nSPS) is 8.09. The van der Waals surface area contributed by atoms with Gasteiger partial charge in [0.2, 0.25) is 5.96 Å². The summed E-state index contributed by atoms with van der Waals surface area (Å²) < 4.78 is 0. The number of hydrogen-bond donors (Lipinski definition) is 2. The molecular weight excluding hydrogens is 166 g/mol. The van der Waals surface area contributed by atoms with Crippen LogP contribution < -0.4 is 11.5 Å². The SMILES string of the molecule is CCCCCON=C(N)N.Cl. The molecule has 0 atom stereocenters. The van der Waals surface area contributed by atoms with Gasteiger partial charge in [0, 0.05) is 0 Å². The van der Waals surface area contributed by atoms with E-state index in [4.69, 9.17) is 16.3 Å². The van der Waals surface area contributed by atoms with Gasteiger partial charge in [-0.3, -0.25) is 0 Å². The van der Waals surface area contributed by atoms with E-state index in [9.17, 15) is 0 Å². The molecule has 0 saturated carbocycles. The molecule has 0 radical (unpaired) electrons. The topological polar surface area (TPSA) is 73.6 Å². The molecule has 0 aromatic carbocycles. The minimum atomic E-state index is -0.0171. The fourth-order valence-corrected chi connectivity index (χ4v) is 0.537. The molecule has 0 aliphatic heterocycles. The summed E-state index contributed by atoms with van der Waals surface area (Å²) in [5.74, 6) is -0.0171. The van der Waals surface area contributed by atoms with Crippen LogP contribution in [0.3, 0.4) is 0 Å². The van der Waals surface area contributed by atoms with Crippen LogP contribution in [-0.2, 0) is 4.84 Å². The molecule has 0 aliphatic rings. The smallest absolute Gasteiger partial charge is 0.228 e. The maximum Gasteiger partial charge on any atom is 0.228 e. The predicted molar refractivity (Wildman–Crippen MR) is 48.5 cm³/mol. The van der Waals surface area contributed by atoms with E-state index in [-0.39, 0.29) is 18.4 Å². The van der Waals surface area contributed by atoms with Gasteiger partial charge in [-0.25, -0.2) is 0 Å². The predicted octanol–water partition coefficient (Wildman–Crippen LogP) is 0.803. The molecule has 0 aromatic rings. The molecule has 0 aromatic heterocycles. The fraction of sp³-hybridized carbons (Fsp3) is 0.833. The van der Waals surface area contributed by atoms with Crippen molar-refractivity contribution in [1.29, 1.82) is 0 Å². The van der Waals surface area contributed by atoms with Crippen molar-refractivity contribution in [1.82, 2.24) is 0 Å². The maximum absolute atomic E-state index is 5.01. The van der Waals surface area contributed by atoms with Crippen LogP contribution in [0.2, 0.25) is 0 Å². The summed E-state index contributed by atoms with van der Waals surface area (Å²) in [7, 11) is 0. The van der Waals surface area contributed by atoms with Gasteiger partial charge in [0.1, 0.15) is 6.61 Å². The second-order valence-corrected chi connectivity index (χ2v) is 2.06. The Labute approximate surface area is 73.4 Å². The zero-order valence-corrected chi connectivity index (χ0v) is 7.56.